The number of ether oxygens (including phenoxy) is 2. The Hall–Kier alpha value is -2.74. The Balaban J connectivity index is 1.38. The molecular weight excluding hydrogens is 372 g/mol. The van der Waals surface area contributed by atoms with Crippen LogP contribution in [0.4, 0.5) is 0 Å². The number of methoxy groups -OCH3 is 1. The summed E-state index contributed by atoms with van der Waals surface area (Å²) in [5, 5.41) is 12.0. The first-order valence-corrected chi connectivity index (χ1v) is 10.1. The van der Waals surface area contributed by atoms with Gasteiger partial charge in [-0.2, -0.15) is 0 Å². The lowest BCUT2D eigenvalue weighted by atomic mass is 9.99. The molecule has 2 aliphatic rings. The zero-order valence-electron chi connectivity index (χ0n) is 16.6. The van der Waals surface area contributed by atoms with Crippen molar-refractivity contribution >= 4 is 11.9 Å². The molecule has 1 unspecified atom stereocenters. The molecule has 1 saturated heterocycles. The first kappa shape index (κ1) is 19.6. The fourth-order valence-electron chi connectivity index (χ4n) is 4.06. The number of fused-ring (bicyclic) bond motifs is 1. The second-order valence-corrected chi connectivity index (χ2v) is 7.58. The van der Waals surface area contributed by atoms with Gasteiger partial charge < -0.3 is 19.4 Å². The molecule has 0 aliphatic carbocycles. The summed E-state index contributed by atoms with van der Waals surface area (Å²) >= 11 is 0. The fraction of sp³-hybridized carbons (Fsp3) is 0.524. The van der Waals surface area contributed by atoms with Crippen LogP contribution in [0.3, 0.4) is 0 Å². The fourth-order valence-corrected chi connectivity index (χ4v) is 4.06. The number of nitrogens with zero attached hydrogens (tertiary/aromatic N) is 3. The van der Waals surface area contributed by atoms with Crippen LogP contribution in [-0.4, -0.2) is 53.0 Å². The molecule has 2 aliphatic heterocycles. The monoisotopic (exact) mass is 398 g/mol. The summed E-state index contributed by atoms with van der Waals surface area (Å²) in [5.41, 5.74) is 0.960. The molecule has 0 spiro atoms. The molecule has 154 valence electrons. The van der Waals surface area contributed by atoms with Crippen molar-refractivity contribution in [3.63, 3.8) is 0 Å². The molecule has 1 N–H and O–H groups in total. The predicted octanol–water partition coefficient (Wildman–Crippen LogP) is 2.09. The lowest BCUT2D eigenvalue weighted by Gasteiger charge is -2.22. The highest BCUT2D eigenvalue weighted by molar-refractivity contribution is 5.96. The van der Waals surface area contributed by atoms with Gasteiger partial charge in [0.25, 0.3) is 5.91 Å². The second kappa shape index (κ2) is 8.73. The third-order valence-electron chi connectivity index (χ3n) is 5.76. The average Bonchev–Trinajstić information content (AvgIpc) is 3.08. The van der Waals surface area contributed by atoms with E-state index in [2.05, 4.69) is 24.8 Å². The average molecular weight is 398 g/mol. The van der Waals surface area contributed by atoms with Gasteiger partial charge in [-0.05, 0) is 49.9 Å². The summed E-state index contributed by atoms with van der Waals surface area (Å²) in [7, 11) is 1.34. The van der Waals surface area contributed by atoms with Crippen LogP contribution in [0, 0.1) is 0 Å². The van der Waals surface area contributed by atoms with E-state index in [-0.39, 0.29) is 11.9 Å². The number of amides is 1. The van der Waals surface area contributed by atoms with Gasteiger partial charge in [0, 0.05) is 43.7 Å². The maximum absolute atomic E-state index is 12.6. The van der Waals surface area contributed by atoms with Crippen LogP contribution in [0.15, 0.2) is 24.3 Å². The number of hydrogen-bond acceptors (Lipinski definition) is 6. The van der Waals surface area contributed by atoms with Crippen molar-refractivity contribution in [2.24, 2.45) is 0 Å². The van der Waals surface area contributed by atoms with Crippen LogP contribution in [0.2, 0.25) is 0 Å². The number of rotatable bonds is 4. The van der Waals surface area contributed by atoms with Crippen LogP contribution < -0.4 is 5.32 Å². The van der Waals surface area contributed by atoms with E-state index >= 15 is 0 Å². The number of aromatic nitrogens is 3. The molecule has 1 aromatic heterocycles. The molecule has 1 amide bonds. The number of esters is 1. The van der Waals surface area contributed by atoms with Crippen molar-refractivity contribution in [2.45, 2.75) is 50.6 Å². The summed E-state index contributed by atoms with van der Waals surface area (Å²) < 4.78 is 12.4. The summed E-state index contributed by atoms with van der Waals surface area (Å²) in [4.78, 5) is 24.2. The van der Waals surface area contributed by atoms with Crippen LogP contribution in [-0.2, 0) is 22.4 Å². The number of carbonyl (C=O) groups is 2. The van der Waals surface area contributed by atoms with Crippen molar-refractivity contribution < 1.29 is 19.1 Å². The molecule has 2 aromatic rings. The van der Waals surface area contributed by atoms with Gasteiger partial charge in [0.1, 0.15) is 11.6 Å². The van der Waals surface area contributed by atoms with Gasteiger partial charge in [-0.15, -0.1) is 10.2 Å². The van der Waals surface area contributed by atoms with Gasteiger partial charge in [0.05, 0.1) is 12.7 Å². The molecule has 8 heteroatoms. The van der Waals surface area contributed by atoms with Crippen molar-refractivity contribution in [2.75, 3.05) is 20.3 Å². The molecule has 0 saturated carbocycles. The van der Waals surface area contributed by atoms with E-state index in [4.69, 9.17) is 4.74 Å². The molecule has 8 nitrogen and oxygen atoms in total. The minimum absolute atomic E-state index is 0.0759. The minimum Gasteiger partial charge on any atom is -0.465 e. The van der Waals surface area contributed by atoms with E-state index in [1.54, 1.807) is 24.3 Å². The molecular formula is C21H26N4O4. The second-order valence-electron chi connectivity index (χ2n) is 7.58. The Labute approximate surface area is 169 Å². The lowest BCUT2D eigenvalue weighted by molar-refractivity contribution is 0.0600. The smallest absolute Gasteiger partial charge is 0.337 e. The van der Waals surface area contributed by atoms with Crippen LogP contribution >= 0.6 is 0 Å². The van der Waals surface area contributed by atoms with Crippen LogP contribution in [0.1, 0.15) is 64.0 Å². The largest absolute Gasteiger partial charge is 0.465 e. The quantitative estimate of drug-likeness (QED) is 0.793. The number of benzene rings is 1. The van der Waals surface area contributed by atoms with Gasteiger partial charge in [0.2, 0.25) is 0 Å². The van der Waals surface area contributed by atoms with Gasteiger partial charge in [-0.3, -0.25) is 4.79 Å². The molecule has 1 aromatic carbocycles. The molecule has 3 heterocycles. The van der Waals surface area contributed by atoms with Gasteiger partial charge in [-0.25, -0.2) is 4.79 Å². The molecule has 29 heavy (non-hydrogen) atoms. The molecule has 0 bridgehead atoms. The summed E-state index contributed by atoms with van der Waals surface area (Å²) in [6.45, 7) is 2.36. The van der Waals surface area contributed by atoms with E-state index in [1.807, 2.05) is 0 Å². The summed E-state index contributed by atoms with van der Waals surface area (Å²) in [6.07, 6.45) is 4.44. The Kier molecular flexibility index (Phi) is 5.89. The SMILES string of the molecule is COC(=O)c1ccc(C(=O)NC2CCc3nnc(C4CCOCC4)n3CC2)cc1. The number of carbonyl (C=O) groups excluding carboxylic acids is 2. The van der Waals surface area contributed by atoms with E-state index in [1.165, 1.54) is 7.11 Å². The van der Waals surface area contributed by atoms with Crippen LogP contribution in [0.5, 0.6) is 0 Å². The third kappa shape index (κ3) is 4.32. The van der Waals surface area contributed by atoms with E-state index < -0.39 is 5.97 Å². The first-order valence-electron chi connectivity index (χ1n) is 10.1. The Morgan fingerprint density at radius 2 is 1.79 bits per heavy atom. The first-order chi connectivity index (χ1) is 14.2. The van der Waals surface area contributed by atoms with Crippen molar-refractivity contribution in [1.29, 1.82) is 0 Å². The molecule has 1 fully saturated rings. The maximum Gasteiger partial charge on any atom is 0.337 e. The van der Waals surface area contributed by atoms with E-state index in [9.17, 15) is 9.59 Å². The highest BCUT2D eigenvalue weighted by Gasteiger charge is 2.26. The highest BCUT2D eigenvalue weighted by Crippen LogP contribution is 2.28. The zero-order chi connectivity index (χ0) is 20.2. The lowest BCUT2D eigenvalue weighted by Crippen LogP contribution is -2.35. The Morgan fingerprint density at radius 3 is 2.52 bits per heavy atom. The topological polar surface area (TPSA) is 95.3 Å². The van der Waals surface area contributed by atoms with Crippen molar-refractivity contribution in [1.82, 2.24) is 20.1 Å². The minimum atomic E-state index is -0.413. The van der Waals surface area contributed by atoms with Crippen molar-refractivity contribution in [3.05, 3.63) is 47.0 Å². The van der Waals surface area contributed by atoms with Gasteiger partial charge >= 0.3 is 5.97 Å². The zero-order valence-corrected chi connectivity index (χ0v) is 16.6. The number of nitrogens with one attached hydrogen (secondary N) is 1. The van der Waals surface area contributed by atoms with E-state index in [0.717, 1.165) is 63.5 Å². The molecule has 1 atom stereocenters. The number of hydrogen-bond donors (Lipinski definition) is 1. The number of aryl methyl sites for hydroxylation is 1. The highest BCUT2D eigenvalue weighted by atomic mass is 16.5. The van der Waals surface area contributed by atoms with E-state index in [0.29, 0.717) is 17.0 Å². The predicted molar refractivity (Wildman–Crippen MR) is 105 cm³/mol. The van der Waals surface area contributed by atoms with Gasteiger partial charge in [0.15, 0.2) is 0 Å². The van der Waals surface area contributed by atoms with Gasteiger partial charge in [-0.1, -0.05) is 0 Å². The maximum atomic E-state index is 12.6. The molecule has 0 radical (unpaired) electrons. The molecule has 4 rings (SSSR count). The Morgan fingerprint density at radius 1 is 1.07 bits per heavy atom. The third-order valence-corrected chi connectivity index (χ3v) is 5.76. The summed E-state index contributed by atoms with van der Waals surface area (Å²) in [5.74, 6) is 1.93. The Bertz CT molecular complexity index is 871. The van der Waals surface area contributed by atoms with Crippen molar-refractivity contribution in [3.8, 4) is 0 Å². The summed E-state index contributed by atoms with van der Waals surface area (Å²) in [6, 6.07) is 6.59. The van der Waals surface area contributed by atoms with Crippen LogP contribution in [0.25, 0.3) is 0 Å². The standard InChI is InChI=1S/C21H26N4O4/c1-28-21(27)16-4-2-15(3-5-16)20(26)22-17-6-7-18-23-24-19(25(18)11-8-17)14-9-12-29-13-10-14/h2-5,14,17H,6-13H2,1H3,(H,22,26). The normalized spacial score (nSPS) is 19.8.